The summed E-state index contributed by atoms with van der Waals surface area (Å²) < 4.78 is 13.2. The Bertz CT molecular complexity index is 532. The van der Waals surface area contributed by atoms with E-state index in [0.29, 0.717) is 12.0 Å². The lowest BCUT2D eigenvalue weighted by molar-refractivity contribution is 0.178. The van der Waals surface area contributed by atoms with Crippen molar-refractivity contribution in [2.45, 2.75) is 19.4 Å². The van der Waals surface area contributed by atoms with Gasteiger partial charge in [-0.25, -0.2) is 4.39 Å². The third kappa shape index (κ3) is 3.08. The lowest BCUT2D eigenvalue weighted by Crippen LogP contribution is -2.02. The number of rotatable bonds is 3. The van der Waals surface area contributed by atoms with Crippen LogP contribution in [0.3, 0.4) is 0 Å². The summed E-state index contributed by atoms with van der Waals surface area (Å²) in [6.45, 7) is 1.79. The van der Waals surface area contributed by atoms with E-state index in [1.807, 2.05) is 6.07 Å². The molecule has 0 aliphatic rings. The van der Waals surface area contributed by atoms with Crippen LogP contribution in [0.5, 0.6) is 5.75 Å². The van der Waals surface area contributed by atoms with Gasteiger partial charge in [0.2, 0.25) is 0 Å². The fourth-order valence-corrected chi connectivity index (χ4v) is 1.98. The SMILES string of the molecule is Cc1cc(F)cc(C(O)Cc2cccc(O)c2)c1. The van der Waals surface area contributed by atoms with Crippen LogP contribution in [0.4, 0.5) is 4.39 Å². The lowest BCUT2D eigenvalue weighted by Gasteiger charge is -2.12. The van der Waals surface area contributed by atoms with E-state index in [1.54, 1.807) is 31.2 Å². The second-order valence-electron chi connectivity index (χ2n) is 4.45. The van der Waals surface area contributed by atoms with Gasteiger partial charge in [-0.1, -0.05) is 18.2 Å². The van der Waals surface area contributed by atoms with Crippen molar-refractivity contribution in [3.05, 3.63) is 65.0 Å². The summed E-state index contributed by atoms with van der Waals surface area (Å²) in [5.41, 5.74) is 2.14. The smallest absolute Gasteiger partial charge is 0.123 e. The highest BCUT2D eigenvalue weighted by atomic mass is 19.1. The van der Waals surface area contributed by atoms with E-state index in [0.717, 1.165) is 11.1 Å². The van der Waals surface area contributed by atoms with Crippen molar-refractivity contribution in [1.82, 2.24) is 0 Å². The first kappa shape index (κ1) is 12.6. The zero-order valence-electron chi connectivity index (χ0n) is 10.1. The summed E-state index contributed by atoms with van der Waals surface area (Å²) in [7, 11) is 0. The molecule has 0 spiro atoms. The molecule has 0 bridgehead atoms. The molecule has 0 fully saturated rings. The molecule has 0 aliphatic carbocycles. The fourth-order valence-electron chi connectivity index (χ4n) is 1.98. The van der Waals surface area contributed by atoms with Gasteiger partial charge < -0.3 is 10.2 Å². The lowest BCUT2D eigenvalue weighted by atomic mass is 10.00. The highest BCUT2D eigenvalue weighted by Gasteiger charge is 2.10. The Balaban J connectivity index is 2.19. The van der Waals surface area contributed by atoms with Crippen LogP contribution in [0.1, 0.15) is 22.8 Å². The average Bonchev–Trinajstić information content (AvgIpc) is 2.27. The molecule has 0 amide bonds. The van der Waals surface area contributed by atoms with Crippen molar-refractivity contribution in [2.75, 3.05) is 0 Å². The van der Waals surface area contributed by atoms with Gasteiger partial charge in [0.15, 0.2) is 0 Å². The molecule has 2 aromatic carbocycles. The molecule has 1 unspecified atom stereocenters. The molecule has 18 heavy (non-hydrogen) atoms. The number of hydrogen-bond acceptors (Lipinski definition) is 2. The first-order chi connectivity index (χ1) is 8.54. The highest BCUT2D eigenvalue weighted by molar-refractivity contribution is 5.30. The summed E-state index contributed by atoms with van der Waals surface area (Å²) in [4.78, 5) is 0. The van der Waals surface area contributed by atoms with Gasteiger partial charge in [0.05, 0.1) is 6.10 Å². The Morgan fingerprint density at radius 3 is 2.61 bits per heavy atom. The third-order valence-electron chi connectivity index (χ3n) is 2.79. The molecule has 0 aromatic heterocycles. The van der Waals surface area contributed by atoms with Gasteiger partial charge in [0.1, 0.15) is 11.6 Å². The van der Waals surface area contributed by atoms with Gasteiger partial charge >= 0.3 is 0 Å². The first-order valence-corrected chi connectivity index (χ1v) is 5.77. The van der Waals surface area contributed by atoms with Crippen molar-refractivity contribution in [3.63, 3.8) is 0 Å². The van der Waals surface area contributed by atoms with E-state index >= 15 is 0 Å². The van der Waals surface area contributed by atoms with Crippen LogP contribution in [0.2, 0.25) is 0 Å². The summed E-state index contributed by atoms with van der Waals surface area (Å²) in [5, 5.41) is 19.4. The highest BCUT2D eigenvalue weighted by Crippen LogP contribution is 2.22. The monoisotopic (exact) mass is 246 g/mol. The fraction of sp³-hybridized carbons (Fsp3) is 0.200. The van der Waals surface area contributed by atoms with Gasteiger partial charge in [-0.05, 0) is 47.9 Å². The Labute approximate surface area is 105 Å². The minimum atomic E-state index is -0.777. The number of hydrogen-bond donors (Lipinski definition) is 2. The summed E-state index contributed by atoms with van der Waals surface area (Å²) in [6, 6.07) is 11.2. The Hall–Kier alpha value is -1.87. The van der Waals surface area contributed by atoms with Gasteiger partial charge in [-0.2, -0.15) is 0 Å². The molecule has 2 rings (SSSR count). The van der Waals surface area contributed by atoms with Crippen molar-refractivity contribution in [2.24, 2.45) is 0 Å². The number of phenols is 1. The van der Waals surface area contributed by atoms with Crippen molar-refractivity contribution >= 4 is 0 Å². The predicted octanol–water partition coefficient (Wildman–Crippen LogP) is 3.12. The molecule has 2 aromatic rings. The van der Waals surface area contributed by atoms with Crippen LogP contribution < -0.4 is 0 Å². The zero-order chi connectivity index (χ0) is 13.1. The summed E-state index contributed by atoms with van der Waals surface area (Å²) >= 11 is 0. The molecule has 0 heterocycles. The number of halogens is 1. The molecule has 0 radical (unpaired) electrons. The van der Waals surface area contributed by atoms with Crippen LogP contribution in [0.15, 0.2) is 42.5 Å². The Kier molecular flexibility index (Phi) is 3.63. The molecule has 0 saturated carbocycles. The first-order valence-electron chi connectivity index (χ1n) is 5.77. The minimum Gasteiger partial charge on any atom is -0.508 e. The molecule has 0 saturated heterocycles. The van der Waals surface area contributed by atoms with Crippen molar-refractivity contribution in [1.29, 1.82) is 0 Å². The predicted molar refractivity (Wildman–Crippen MR) is 67.9 cm³/mol. The van der Waals surface area contributed by atoms with Gasteiger partial charge in [-0.15, -0.1) is 0 Å². The van der Waals surface area contributed by atoms with E-state index in [-0.39, 0.29) is 11.6 Å². The van der Waals surface area contributed by atoms with Crippen LogP contribution >= 0.6 is 0 Å². The number of benzene rings is 2. The number of phenolic OH excluding ortho intramolecular Hbond substituents is 1. The van der Waals surface area contributed by atoms with Crippen LogP contribution in [0, 0.1) is 12.7 Å². The summed E-state index contributed by atoms with van der Waals surface area (Å²) in [5.74, 6) is -0.185. The standard InChI is InChI=1S/C15H15FO2/c1-10-5-12(9-13(16)6-10)15(18)8-11-3-2-4-14(17)7-11/h2-7,9,15,17-18H,8H2,1H3. The number of aryl methyl sites for hydroxylation is 1. The Morgan fingerprint density at radius 1 is 1.17 bits per heavy atom. The topological polar surface area (TPSA) is 40.5 Å². The average molecular weight is 246 g/mol. The maximum Gasteiger partial charge on any atom is 0.123 e. The van der Waals surface area contributed by atoms with E-state index < -0.39 is 6.10 Å². The maximum absolute atomic E-state index is 13.2. The van der Waals surface area contributed by atoms with E-state index in [1.165, 1.54) is 12.1 Å². The molecular formula is C15H15FO2. The second kappa shape index (κ2) is 5.19. The van der Waals surface area contributed by atoms with Crippen molar-refractivity contribution in [3.8, 4) is 5.75 Å². The zero-order valence-corrected chi connectivity index (χ0v) is 10.1. The summed E-state index contributed by atoms with van der Waals surface area (Å²) in [6.07, 6.45) is -0.432. The van der Waals surface area contributed by atoms with Crippen LogP contribution in [-0.2, 0) is 6.42 Å². The minimum absolute atomic E-state index is 0.162. The molecule has 3 heteroatoms. The molecule has 2 nitrogen and oxygen atoms in total. The second-order valence-corrected chi connectivity index (χ2v) is 4.45. The third-order valence-corrected chi connectivity index (χ3v) is 2.79. The molecule has 94 valence electrons. The van der Waals surface area contributed by atoms with Gasteiger partial charge in [0, 0.05) is 6.42 Å². The van der Waals surface area contributed by atoms with Crippen LogP contribution in [0.25, 0.3) is 0 Å². The van der Waals surface area contributed by atoms with E-state index in [9.17, 15) is 14.6 Å². The maximum atomic E-state index is 13.2. The van der Waals surface area contributed by atoms with E-state index in [2.05, 4.69) is 0 Å². The number of aliphatic hydroxyl groups excluding tert-OH is 1. The normalized spacial score (nSPS) is 12.4. The largest absolute Gasteiger partial charge is 0.508 e. The number of aliphatic hydroxyl groups is 1. The Morgan fingerprint density at radius 2 is 1.94 bits per heavy atom. The van der Waals surface area contributed by atoms with Gasteiger partial charge in [0.25, 0.3) is 0 Å². The molecule has 0 aliphatic heterocycles. The van der Waals surface area contributed by atoms with Crippen molar-refractivity contribution < 1.29 is 14.6 Å². The molecular weight excluding hydrogens is 231 g/mol. The van der Waals surface area contributed by atoms with Gasteiger partial charge in [-0.3, -0.25) is 0 Å². The molecule has 1 atom stereocenters. The van der Waals surface area contributed by atoms with E-state index in [4.69, 9.17) is 0 Å². The van der Waals surface area contributed by atoms with Crippen LogP contribution in [-0.4, -0.2) is 10.2 Å². The quantitative estimate of drug-likeness (QED) is 0.873. The molecule has 2 N–H and O–H groups in total. The number of aromatic hydroxyl groups is 1.